The fraction of sp³-hybridized carbons (Fsp3) is 0.185. The standard InChI is InChI=1S/C27H28N6O4S/c1-35-22-14-19(15-23(36-2)26(22)37-3)16-29-31-25(34)18-38-27-32-30-24(17-28-20-10-6-4-7-11-20)33(27)21-12-8-5-9-13-21/h4-16,28H,17-18H2,1-3H3,(H,31,34)/b29-16-. The summed E-state index contributed by atoms with van der Waals surface area (Å²) in [5.74, 6) is 2.01. The fourth-order valence-corrected chi connectivity index (χ4v) is 4.36. The quantitative estimate of drug-likeness (QED) is 0.159. The number of amides is 1. The molecule has 1 heterocycles. The molecule has 0 aliphatic heterocycles. The molecule has 11 heteroatoms. The highest BCUT2D eigenvalue weighted by molar-refractivity contribution is 7.99. The molecule has 38 heavy (non-hydrogen) atoms. The van der Waals surface area contributed by atoms with E-state index in [0.717, 1.165) is 17.2 Å². The number of nitrogens with one attached hydrogen (secondary N) is 2. The van der Waals surface area contributed by atoms with Gasteiger partial charge in [-0.1, -0.05) is 48.2 Å². The molecule has 3 aromatic carbocycles. The molecule has 1 amide bonds. The maximum atomic E-state index is 12.5. The van der Waals surface area contributed by atoms with E-state index in [1.165, 1.54) is 39.3 Å². The van der Waals surface area contributed by atoms with Crippen molar-refractivity contribution < 1.29 is 19.0 Å². The number of carbonyl (C=O) groups is 1. The van der Waals surface area contributed by atoms with Crippen molar-refractivity contribution in [3.8, 4) is 22.9 Å². The van der Waals surface area contributed by atoms with E-state index >= 15 is 0 Å². The summed E-state index contributed by atoms with van der Waals surface area (Å²) < 4.78 is 18.0. The van der Waals surface area contributed by atoms with Gasteiger partial charge in [-0.05, 0) is 36.4 Å². The Labute approximate surface area is 225 Å². The molecule has 0 saturated heterocycles. The number of ether oxygens (including phenoxy) is 3. The summed E-state index contributed by atoms with van der Waals surface area (Å²) in [5, 5.41) is 16.7. The third-order valence-electron chi connectivity index (χ3n) is 5.36. The maximum absolute atomic E-state index is 12.5. The van der Waals surface area contributed by atoms with Gasteiger partial charge >= 0.3 is 0 Å². The summed E-state index contributed by atoms with van der Waals surface area (Å²) in [7, 11) is 4.61. The average molecular weight is 533 g/mol. The molecule has 196 valence electrons. The van der Waals surface area contributed by atoms with Gasteiger partial charge in [0.25, 0.3) is 5.91 Å². The van der Waals surface area contributed by atoms with Crippen LogP contribution in [0.25, 0.3) is 5.69 Å². The number of thioether (sulfide) groups is 1. The Kier molecular flexibility index (Phi) is 9.19. The van der Waals surface area contributed by atoms with Crippen LogP contribution in [0.2, 0.25) is 0 Å². The Morgan fingerprint density at radius 1 is 0.947 bits per heavy atom. The first-order chi connectivity index (χ1) is 18.6. The minimum Gasteiger partial charge on any atom is -0.493 e. The van der Waals surface area contributed by atoms with E-state index in [0.29, 0.717) is 34.5 Å². The third kappa shape index (κ3) is 6.62. The number of aromatic nitrogens is 3. The largest absolute Gasteiger partial charge is 0.493 e. The van der Waals surface area contributed by atoms with Crippen LogP contribution in [0, 0.1) is 0 Å². The van der Waals surface area contributed by atoms with Crippen molar-refractivity contribution in [1.29, 1.82) is 0 Å². The molecular formula is C27H28N6O4S. The SMILES string of the molecule is COc1cc(/C=N\NC(=O)CSc2nnc(CNc3ccccc3)n2-c2ccccc2)cc(OC)c1OC. The first kappa shape index (κ1) is 26.6. The Bertz CT molecular complexity index is 1350. The second-order valence-electron chi connectivity index (χ2n) is 7.83. The van der Waals surface area contributed by atoms with Gasteiger partial charge in [0.1, 0.15) is 0 Å². The first-order valence-corrected chi connectivity index (χ1v) is 12.6. The van der Waals surface area contributed by atoms with Crippen molar-refractivity contribution >= 4 is 29.6 Å². The Morgan fingerprint density at radius 3 is 2.24 bits per heavy atom. The number of hydrazone groups is 1. The Hall–Kier alpha value is -4.51. The van der Waals surface area contributed by atoms with Gasteiger partial charge in [0, 0.05) is 16.9 Å². The average Bonchev–Trinajstić information content (AvgIpc) is 3.38. The molecule has 2 N–H and O–H groups in total. The van der Waals surface area contributed by atoms with Crippen LogP contribution in [-0.4, -0.2) is 54.0 Å². The van der Waals surface area contributed by atoms with Gasteiger partial charge in [0.2, 0.25) is 5.75 Å². The van der Waals surface area contributed by atoms with Crippen molar-refractivity contribution in [3.63, 3.8) is 0 Å². The lowest BCUT2D eigenvalue weighted by molar-refractivity contribution is -0.118. The maximum Gasteiger partial charge on any atom is 0.250 e. The monoisotopic (exact) mass is 532 g/mol. The molecule has 0 atom stereocenters. The smallest absolute Gasteiger partial charge is 0.250 e. The summed E-state index contributed by atoms with van der Waals surface area (Å²) >= 11 is 1.27. The van der Waals surface area contributed by atoms with E-state index in [1.807, 2.05) is 65.2 Å². The molecule has 4 aromatic rings. The second kappa shape index (κ2) is 13.2. The fourth-order valence-electron chi connectivity index (χ4n) is 3.60. The molecule has 0 radical (unpaired) electrons. The molecular weight excluding hydrogens is 504 g/mol. The summed E-state index contributed by atoms with van der Waals surface area (Å²) in [6.45, 7) is 0.470. The van der Waals surface area contributed by atoms with Crippen molar-refractivity contribution in [1.82, 2.24) is 20.2 Å². The van der Waals surface area contributed by atoms with Gasteiger partial charge in [-0.3, -0.25) is 9.36 Å². The van der Waals surface area contributed by atoms with E-state index in [2.05, 4.69) is 26.0 Å². The van der Waals surface area contributed by atoms with Crippen molar-refractivity contribution in [3.05, 3.63) is 84.2 Å². The Balaban J connectivity index is 1.42. The predicted molar refractivity (Wildman–Crippen MR) is 148 cm³/mol. The topological polar surface area (TPSA) is 112 Å². The highest BCUT2D eigenvalue weighted by Gasteiger charge is 2.16. The van der Waals surface area contributed by atoms with E-state index in [9.17, 15) is 4.79 Å². The van der Waals surface area contributed by atoms with E-state index in [-0.39, 0.29) is 11.7 Å². The van der Waals surface area contributed by atoms with E-state index in [4.69, 9.17) is 14.2 Å². The molecule has 1 aromatic heterocycles. The number of hydrogen-bond acceptors (Lipinski definition) is 9. The second-order valence-corrected chi connectivity index (χ2v) is 8.77. The molecule has 4 rings (SSSR count). The number of benzene rings is 3. The predicted octanol–water partition coefficient (Wildman–Crippen LogP) is 4.15. The number of para-hydroxylation sites is 2. The van der Waals surface area contributed by atoms with Gasteiger partial charge in [0.05, 0.1) is 39.8 Å². The summed E-state index contributed by atoms with van der Waals surface area (Å²) in [6, 6.07) is 23.1. The number of hydrogen-bond donors (Lipinski definition) is 2. The minimum absolute atomic E-state index is 0.101. The van der Waals surface area contributed by atoms with Crippen molar-refractivity contribution in [2.75, 3.05) is 32.4 Å². The zero-order chi connectivity index (χ0) is 26.7. The lowest BCUT2D eigenvalue weighted by atomic mass is 10.2. The van der Waals surface area contributed by atoms with E-state index in [1.54, 1.807) is 12.1 Å². The molecule has 0 unspecified atom stereocenters. The van der Waals surface area contributed by atoms with Crippen LogP contribution in [0.4, 0.5) is 5.69 Å². The molecule has 0 saturated carbocycles. The van der Waals surface area contributed by atoms with Gasteiger partial charge in [-0.2, -0.15) is 5.10 Å². The summed E-state index contributed by atoms with van der Waals surface area (Å²) in [6.07, 6.45) is 1.51. The van der Waals surface area contributed by atoms with Crippen LogP contribution in [0.3, 0.4) is 0 Å². The van der Waals surface area contributed by atoms with Crippen molar-refractivity contribution in [2.24, 2.45) is 5.10 Å². The number of carbonyl (C=O) groups excluding carboxylic acids is 1. The normalized spacial score (nSPS) is 10.8. The van der Waals surface area contributed by atoms with Gasteiger partial charge in [-0.15, -0.1) is 10.2 Å². The van der Waals surface area contributed by atoms with E-state index < -0.39 is 0 Å². The lowest BCUT2D eigenvalue weighted by Crippen LogP contribution is -2.20. The van der Waals surface area contributed by atoms with Crippen LogP contribution < -0.4 is 25.0 Å². The molecule has 10 nitrogen and oxygen atoms in total. The lowest BCUT2D eigenvalue weighted by Gasteiger charge is -2.12. The summed E-state index contributed by atoms with van der Waals surface area (Å²) in [5.41, 5.74) is 5.11. The summed E-state index contributed by atoms with van der Waals surface area (Å²) in [4.78, 5) is 12.5. The Morgan fingerprint density at radius 2 is 1.61 bits per heavy atom. The van der Waals surface area contributed by atoms with Crippen LogP contribution in [0.5, 0.6) is 17.2 Å². The van der Waals surface area contributed by atoms with Crippen molar-refractivity contribution in [2.45, 2.75) is 11.7 Å². The molecule has 0 bridgehead atoms. The number of methoxy groups -OCH3 is 3. The van der Waals surface area contributed by atoms with Crippen LogP contribution in [0.15, 0.2) is 83.1 Å². The zero-order valence-corrected chi connectivity index (χ0v) is 22.1. The zero-order valence-electron chi connectivity index (χ0n) is 21.2. The van der Waals surface area contributed by atoms with Crippen LogP contribution >= 0.6 is 11.8 Å². The minimum atomic E-state index is -0.287. The van der Waals surface area contributed by atoms with Crippen LogP contribution in [-0.2, 0) is 11.3 Å². The highest BCUT2D eigenvalue weighted by atomic mass is 32.2. The van der Waals surface area contributed by atoms with Gasteiger partial charge in [0.15, 0.2) is 22.5 Å². The van der Waals surface area contributed by atoms with Crippen LogP contribution in [0.1, 0.15) is 11.4 Å². The first-order valence-electron chi connectivity index (χ1n) is 11.7. The number of rotatable bonds is 12. The molecule has 0 aliphatic rings. The molecule has 0 aliphatic carbocycles. The third-order valence-corrected chi connectivity index (χ3v) is 6.29. The number of nitrogens with zero attached hydrogens (tertiary/aromatic N) is 4. The van der Waals surface area contributed by atoms with Gasteiger partial charge < -0.3 is 19.5 Å². The number of anilines is 1. The molecule has 0 fully saturated rings. The van der Waals surface area contributed by atoms with Gasteiger partial charge in [-0.25, -0.2) is 5.43 Å². The molecule has 0 spiro atoms. The highest BCUT2D eigenvalue weighted by Crippen LogP contribution is 2.37.